The van der Waals surface area contributed by atoms with Crippen LogP contribution in [0.15, 0.2) is 55.1 Å². The molecule has 138 heavy (non-hydrogen) atoms. The van der Waals surface area contributed by atoms with Gasteiger partial charge in [0.2, 0.25) is 11.8 Å². The number of aromatic nitrogens is 8. The summed E-state index contributed by atoms with van der Waals surface area (Å²) < 4.78 is 74.6. The summed E-state index contributed by atoms with van der Waals surface area (Å²) in [6, 6.07) is 11.4. The van der Waals surface area contributed by atoms with Gasteiger partial charge in [-0.05, 0) is 215 Å². The van der Waals surface area contributed by atoms with E-state index >= 15 is 0 Å². The molecule has 0 unspecified atom stereocenters. The Labute approximate surface area is 811 Å². The predicted octanol–water partition coefficient (Wildman–Crippen LogP) is 9.48. The van der Waals surface area contributed by atoms with Gasteiger partial charge >= 0.3 is 18.3 Å². The number of morpholine rings is 4. The molecule has 8 heterocycles. The van der Waals surface area contributed by atoms with Crippen LogP contribution in [0.5, 0.6) is 24.0 Å². The summed E-state index contributed by atoms with van der Waals surface area (Å²) in [5.41, 5.74) is 2.26. The monoisotopic (exact) mass is 1940 g/mol. The quantitative estimate of drug-likeness (QED) is 0.0158. The number of hydrogen-bond donors (Lipinski definition) is 6. The Morgan fingerprint density at radius 3 is 1.13 bits per heavy atom. The second kappa shape index (κ2) is 50.6. The van der Waals surface area contributed by atoms with Crippen molar-refractivity contribution in [1.82, 2.24) is 88.9 Å². The first kappa shape index (κ1) is 110. The Morgan fingerprint density at radius 2 is 0.797 bits per heavy atom. The van der Waals surface area contributed by atoms with Crippen LogP contribution in [0.3, 0.4) is 0 Å². The molecule has 4 aliphatic carbocycles. The Balaban J connectivity index is 0.000000191. The molecule has 4 aliphatic heterocycles. The number of amides is 9. The summed E-state index contributed by atoms with van der Waals surface area (Å²) >= 11 is 0. The third-order valence-corrected chi connectivity index (χ3v) is 23.0. The standard InChI is InChI=1S/C29H42N4O6.C26H43N5O7.C21H35N5O5.C21H34N4O5/c1-20(2)38-27-30-24(16-32(27)19-36-18-22-10-8-7-9-11-22)21(3)33(23-12-13-23)26(34)25-17-31(14-15-37-25)28(35)39-29(4,5)6;1-17(2)37-24-28-20(14-29(24)11-7-10-27-22(33)16-32)18(3)31(19-8-9-19)23(34)21-15-30(12-13-36-21)25(35)38-26(4,5)6;1-14(2)31-21-24-17(12-25(21)9-4-7-23-19(28)13-27)15(3)26(16-5-6-16)20(29)18-11-22-8-10-30-18;1-13(2)29-19-22-11-16(23-19)14(3)25(15-7-8-15)18(26)17-12-24(9-10-28-17)20(27)30-21(4,5)6/h7-11,16,20-21,23,25H,12-15,17-19H2,1-6H3;14,17-19,21,32H,7-13,15-16H2,1-6H3,(H,27,33);12,14-16,18,22,27H,4-11,13H2,1-3H3,(H,23,28);11,13-15,17H,7-10,12H2,1-6H3,(H,22,23)/t21-,25-;18-,21-;15-,18-;14-,17-/m1111/s1. The number of aromatic amines is 1. The fraction of sp³-hybridized carbons (Fsp3) is 0.722. The van der Waals surface area contributed by atoms with E-state index in [1.807, 2.05) is 228 Å². The first-order valence-corrected chi connectivity index (χ1v) is 49.1. The van der Waals surface area contributed by atoms with Gasteiger partial charge in [0.05, 0.1) is 130 Å². The van der Waals surface area contributed by atoms with Gasteiger partial charge in [0, 0.05) is 102 Å². The van der Waals surface area contributed by atoms with Crippen molar-refractivity contribution in [3.8, 4) is 24.0 Å². The molecule has 4 saturated heterocycles. The molecule has 0 spiro atoms. The molecule has 8 fully saturated rings. The molecule has 13 rings (SSSR count). The fourth-order valence-corrected chi connectivity index (χ4v) is 15.9. The van der Waals surface area contributed by atoms with Crippen molar-refractivity contribution in [3.05, 3.63) is 83.5 Å². The van der Waals surface area contributed by atoms with Crippen molar-refractivity contribution in [2.24, 2.45) is 0 Å². The number of rotatable bonds is 38. The number of H-pyrrole nitrogens is 1. The smallest absolute Gasteiger partial charge is 0.410 e. The van der Waals surface area contributed by atoms with E-state index in [4.69, 9.17) is 82.0 Å². The normalized spacial score (nSPS) is 19.4. The van der Waals surface area contributed by atoms with Gasteiger partial charge in [0.15, 0.2) is 18.3 Å². The summed E-state index contributed by atoms with van der Waals surface area (Å²) in [5, 5.41) is 26.2. The summed E-state index contributed by atoms with van der Waals surface area (Å²) in [5.74, 6) is -1.22. The number of nitrogens with zero attached hydrogens (tertiary/aromatic N) is 14. The molecule has 4 aromatic heterocycles. The Morgan fingerprint density at radius 1 is 0.457 bits per heavy atom. The third kappa shape index (κ3) is 34.0. The van der Waals surface area contributed by atoms with Crippen LogP contribution in [0.2, 0.25) is 0 Å². The van der Waals surface area contributed by atoms with Crippen LogP contribution in [0.25, 0.3) is 0 Å². The van der Waals surface area contributed by atoms with E-state index in [0.29, 0.717) is 120 Å². The van der Waals surface area contributed by atoms with Gasteiger partial charge in [0.1, 0.15) is 42.9 Å². The number of aliphatic hydroxyl groups is 2. The lowest BCUT2D eigenvalue weighted by atomic mass is 10.1. The van der Waals surface area contributed by atoms with Gasteiger partial charge in [-0.1, -0.05) is 30.3 Å². The number of nitrogens with one attached hydrogen (secondary N) is 4. The number of ether oxygens (including phenoxy) is 12. The molecule has 8 atom stereocenters. The average molecular weight is 1940 g/mol. The Kier molecular flexibility index (Phi) is 40.2. The highest BCUT2D eigenvalue weighted by Crippen LogP contribution is 2.41. The summed E-state index contributed by atoms with van der Waals surface area (Å²) in [6.45, 7) is 45.8. The zero-order chi connectivity index (χ0) is 101. The molecule has 41 nitrogen and oxygen atoms in total. The molecule has 9 amide bonds. The van der Waals surface area contributed by atoms with Gasteiger partial charge < -0.3 is 131 Å². The van der Waals surface area contributed by atoms with Crippen LogP contribution >= 0.6 is 0 Å². The Bertz CT molecular complexity index is 4730. The lowest BCUT2D eigenvalue weighted by Gasteiger charge is -2.37. The van der Waals surface area contributed by atoms with Crippen LogP contribution in [0.1, 0.15) is 262 Å². The summed E-state index contributed by atoms with van der Waals surface area (Å²) in [6.07, 6.45) is 12.1. The Hall–Kier alpha value is -10.4. The largest absolute Gasteiger partial charge is 0.462 e. The second-order valence-corrected chi connectivity index (χ2v) is 40.2. The van der Waals surface area contributed by atoms with E-state index in [1.54, 1.807) is 16.0 Å². The van der Waals surface area contributed by atoms with E-state index < -0.39 is 84.5 Å². The minimum absolute atomic E-state index is 0.00907. The lowest BCUT2D eigenvalue weighted by Crippen LogP contribution is -2.54. The highest BCUT2D eigenvalue weighted by atomic mass is 16.6. The molecule has 0 bridgehead atoms. The van der Waals surface area contributed by atoms with Crippen LogP contribution in [-0.2, 0) is 93.1 Å². The van der Waals surface area contributed by atoms with Crippen molar-refractivity contribution in [2.45, 2.75) is 350 Å². The summed E-state index contributed by atoms with van der Waals surface area (Å²) in [4.78, 5) is 148. The number of hydrogen-bond acceptors (Lipinski definition) is 28. The van der Waals surface area contributed by atoms with E-state index in [-0.39, 0.29) is 136 Å². The number of carbonyl (C=O) groups excluding carboxylic acids is 9. The van der Waals surface area contributed by atoms with E-state index in [9.17, 15) is 43.2 Å². The number of benzene rings is 1. The number of imidazole rings is 4. The van der Waals surface area contributed by atoms with Crippen molar-refractivity contribution >= 4 is 53.7 Å². The minimum Gasteiger partial charge on any atom is -0.462 e. The number of aryl methyl sites for hydroxylation is 2. The van der Waals surface area contributed by atoms with E-state index in [2.05, 4.69) is 25.9 Å². The topological polar surface area (TPSA) is 446 Å². The molecule has 770 valence electrons. The van der Waals surface area contributed by atoms with Crippen molar-refractivity contribution in [1.29, 1.82) is 0 Å². The van der Waals surface area contributed by atoms with Crippen molar-refractivity contribution in [3.63, 3.8) is 0 Å². The second-order valence-electron chi connectivity index (χ2n) is 40.2. The molecular weight excluding hydrogens is 1790 g/mol. The van der Waals surface area contributed by atoms with Gasteiger partial charge in [0.25, 0.3) is 47.7 Å². The van der Waals surface area contributed by atoms with E-state index in [1.165, 1.54) is 4.90 Å². The molecule has 5 aromatic rings. The highest BCUT2D eigenvalue weighted by molar-refractivity contribution is 5.85. The van der Waals surface area contributed by atoms with Crippen LogP contribution < -0.4 is 34.9 Å². The summed E-state index contributed by atoms with van der Waals surface area (Å²) in [7, 11) is 0. The van der Waals surface area contributed by atoms with Crippen molar-refractivity contribution in [2.75, 3.05) is 105 Å². The van der Waals surface area contributed by atoms with Gasteiger partial charge in [-0.2, -0.15) is 15.0 Å². The first-order chi connectivity index (χ1) is 65.4. The highest BCUT2D eigenvalue weighted by Gasteiger charge is 2.48. The lowest BCUT2D eigenvalue weighted by molar-refractivity contribution is -0.152. The van der Waals surface area contributed by atoms with Crippen LogP contribution in [0.4, 0.5) is 14.4 Å². The first-order valence-electron chi connectivity index (χ1n) is 49.1. The van der Waals surface area contributed by atoms with Gasteiger partial charge in [-0.15, -0.1) is 0 Å². The molecule has 8 aliphatic rings. The van der Waals surface area contributed by atoms with Gasteiger partial charge in [-0.25, -0.2) is 19.4 Å². The molecule has 4 saturated carbocycles. The fourth-order valence-electron chi connectivity index (χ4n) is 15.9. The molecule has 6 N–H and O–H groups in total. The molecular formula is C97H154N18O23. The molecule has 0 radical (unpaired) electrons. The van der Waals surface area contributed by atoms with Crippen LogP contribution in [0, 0.1) is 0 Å². The zero-order valence-electron chi connectivity index (χ0n) is 84.9. The number of aliphatic hydroxyl groups excluding tert-OH is 2. The van der Waals surface area contributed by atoms with E-state index in [0.717, 1.165) is 74.9 Å². The average Bonchev–Trinajstić information content (AvgIpc) is 1.65. The zero-order valence-corrected chi connectivity index (χ0v) is 84.9. The maximum atomic E-state index is 13.8. The van der Waals surface area contributed by atoms with Crippen molar-refractivity contribution < 1.29 is 110 Å². The SMILES string of the molecule is CC(C)Oc1nc([C@@H](C)N(C(=O)[C@H]2CN(C(=O)OC(C)(C)C)CCO2)C2CC2)cn1CCCNC(=O)CO.CC(C)Oc1nc([C@@H](C)N(C(=O)[C@H]2CN(C(=O)OC(C)(C)C)CCO2)C2CC2)cn1COCc1ccccc1.CC(C)Oc1nc([C@@H](C)N(C(=O)[C@H]2CNCCO2)C2CC2)cn1CCCNC(=O)CO.CC(C)Oc1ncc([C@@H](C)N(C(=O)[C@H]2CN(C(=O)OC(C)(C)C)CCO2)C2CC2)[nH]1. The van der Waals surface area contributed by atoms with Crippen LogP contribution in [-0.4, -0.2) is 332 Å². The maximum absolute atomic E-state index is 13.8. The third-order valence-electron chi connectivity index (χ3n) is 23.0. The molecule has 41 heteroatoms. The van der Waals surface area contributed by atoms with Gasteiger partial charge in [-0.3, -0.25) is 33.3 Å². The minimum atomic E-state index is -0.775. The molecule has 1 aromatic carbocycles. The maximum Gasteiger partial charge on any atom is 0.410 e. The predicted molar refractivity (Wildman–Crippen MR) is 507 cm³/mol. The number of carbonyl (C=O) groups is 9.